The fourth-order valence-electron chi connectivity index (χ4n) is 2.99. The molecular weight excluding hydrogens is 382 g/mol. The number of aliphatic carboxylic acids is 1. The summed E-state index contributed by atoms with van der Waals surface area (Å²) in [6.07, 6.45) is 6.31. The molecule has 0 aromatic heterocycles. The van der Waals surface area contributed by atoms with E-state index in [0.717, 1.165) is 0 Å². The summed E-state index contributed by atoms with van der Waals surface area (Å²) in [5, 5.41) is 14.9. The highest BCUT2D eigenvalue weighted by molar-refractivity contribution is 5.87. The van der Waals surface area contributed by atoms with Gasteiger partial charge in [-0.15, -0.1) is 0 Å². The van der Waals surface area contributed by atoms with E-state index < -0.39 is 17.4 Å². The molecule has 1 rings (SSSR count). The molecule has 0 aromatic carbocycles. The maximum atomic E-state index is 12.7. The molecule has 1 aliphatic rings. The highest BCUT2D eigenvalue weighted by atomic mass is 16.4. The van der Waals surface area contributed by atoms with Crippen molar-refractivity contribution < 1.29 is 19.5 Å². The molecule has 1 saturated heterocycles. The molecule has 3 N–H and O–H groups in total. The Labute approximate surface area is 183 Å². The molecule has 0 spiro atoms. The van der Waals surface area contributed by atoms with Gasteiger partial charge in [0.25, 0.3) is 0 Å². The maximum absolute atomic E-state index is 12.7. The highest BCUT2D eigenvalue weighted by Crippen LogP contribution is 2.23. The second-order valence-electron chi connectivity index (χ2n) is 8.73. The van der Waals surface area contributed by atoms with Crippen LogP contribution in [0.3, 0.4) is 0 Å². The van der Waals surface area contributed by atoms with Crippen LogP contribution in [0.1, 0.15) is 74.7 Å². The number of likely N-dealkylation sites (N-methyl/N-ethyl adjacent to an activating group) is 1. The molecular formula is C23H45N3O4. The average Bonchev–Trinajstić information content (AvgIpc) is 2.71. The quantitative estimate of drug-likeness (QED) is 0.427. The van der Waals surface area contributed by atoms with Crippen LogP contribution in [0.5, 0.6) is 0 Å². The van der Waals surface area contributed by atoms with Crippen LogP contribution in [0.4, 0.5) is 0 Å². The van der Waals surface area contributed by atoms with Crippen LogP contribution < -0.4 is 10.6 Å². The van der Waals surface area contributed by atoms with E-state index in [1.807, 2.05) is 48.5 Å². The van der Waals surface area contributed by atoms with Gasteiger partial charge in [0, 0.05) is 12.6 Å². The van der Waals surface area contributed by atoms with Crippen molar-refractivity contribution in [3.63, 3.8) is 0 Å². The number of amides is 2. The van der Waals surface area contributed by atoms with Crippen LogP contribution in [-0.4, -0.2) is 60.5 Å². The van der Waals surface area contributed by atoms with Gasteiger partial charge in [0.2, 0.25) is 12.3 Å². The Balaban J connectivity index is 0. The molecule has 0 aliphatic carbocycles. The number of hydrogen-bond acceptors (Lipinski definition) is 4. The molecule has 1 aliphatic heterocycles. The second-order valence-corrected chi connectivity index (χ2v) is 8.73. The summed E-state index contributed by atoms with van der Waals surface area (Å²) in [4.78, 5) is 36.0. The van der Waals surface area contributed by atoms with Crippen molar-refractivity contribution in [3.05, 3.63) is 11.6 Å². The van der Waals surface area contributed by atoms with Gasteiger partial charge in [-0.2, -0.15) is 0 Å². The summed E-state index contributed by atoms with van der Waals surface area (Å²) in [7, 11) is 1.63. The number of carboxylic acid groups (broad SMARTS) is 1. The lowest BCUT2D eigenvalue weighted by molar-refractivity contribution is -0.138. The van der Waals surface area contributed by atoms with E-state index in [2.05, 4.69) is 10.6 Å². The van der Waals surface area contributed by atoms with Gasteiger partial charge < -0.3 is 20.6 Å². The largest absolute Gasteiger partial charge is 0.478 e. The highest BCUT2D eigenvalue weighted by Gasteiger charge is 2.35. The minimum absolute atomic E-state index is 0.0418. The predicted octanol–water partition coefficient (Wildman–Crippen LogP) is 3.45. The van der Waals surface area contributed by atoms with Crippen LogP contribution in [0.15, 0.2) is 11.6 Å². The van der Waals surface area contributed by atoms with E-state index in [1.165, 1.54) is 44.2 Å². The number of carboxylic acids is 1. The first-order chi connectivity index (χ1) is 13.9. The molecule has 176 valence electrons. The van der Waals surface area contributed by atoms with Crippen molar-refractivity contribution in [3.8, 4) is 0 Å². The first-order valence-electron chi connectivity index (χ1n) is 11.0. The summed E-state index contributed by atoms with van der Waals surface area (Å²) in [6, 6.07) is -1.03. The van der Waals surface area contributed by atoms with Crippen molar-refractivity contribution in [2.75, 3.05) is 20.1 Å². The van der Waals surface area contributed by atoms with Crippen LogP contribution in [0.2, 0.25) is 0 Å². The van der Waals surface area contributed by atoms with Crippen LogP contribution in [0.25, 0.3) is 0 Å². The van der Waals surface area contributed by atoms with E-state index in [0.29, 0.717) is 6.41 Å². The second kappa shape index (κ2) is 15.9. The first-order valence-corrected chi connectivity index (χ1v) is 11.0. The van der Waals surface area contributed by atoms with Gasteiger partial charge in [0.05, 0.1) is 6.04 Å². The predicted molar refractivity (Wildman–Crippen MR) is 123 cm³/mol. The van der Waals surface area contributed by atoms with Gasteiger partial charge in [-0.05, 0) is 44.2 Å². The Kier molecular flexibility index (Phi) is 16.0. The number of carbonyl (C=O) groups excluding carboxylic acids is 2. The van der Waals surface area contributed by atoms with Crippen LogP contribution >= 0.6 is 0 Å². The maximum Gasteiger partial charge on any atom is 0.331 e. The van der Waals surface area contributed by atoms with Crippen molar-refractivity contribution in [2.24, 2.45) is 11.3 Å². The fraction of sp³-hybridized carbons (Fsp3) is 0.783. The lowest BCUT2D eigenvalue weighted by atomic mass is 9.85. The molecule has 30 heavy (non-hydrogen) atoms. The Morgan fingerprint density at radius 1 is 1.10 bits per heavy atom. The lowest BCUT2D eigenvalue weighted by Gasteiger charge is -2.36. The van der Waals surface area contributed by atoms with Crippen molar-refractivity contribution >= 4 is 18.3 Å². The third kappa shape index (κ3) is 12.0. The number of nitrogens with one attached hydrogen (secondary N) is 2. The Morgan fingerprint density at radius 2 is 1.60 bits per heavy atom. The number of nitrogens with zero attached hydrogens (tertiary/aromatic N) is 1. The SMILES string of the molecule is C/C(=C\C(C(C)C)N(C)C(=O)C(NC=O)C(C)(C)C)C(=O)O.C1CCNCC1.CC. The lowest BCUT2D eigenvalue weighted by Crippen LogP contribution is -2.54. The zero-order valence-electron chi connectivity index (χ0n) is 20.5. The Bertz CT molecular complexity index is 524. The standard InChI is InChI=1S/C16H28N2O4.C5H11N.C2H6/c1-10(2)12(8-11(3)15(21)22)18(7)14(20)13(17-9-19)16(4,5)6;1-2-4-6-5-3-1;1-2/h8-10,12-13H,1-7H3,(H,17,19)(H,21,22);6H,1-5H2;1-2H3/b11-8+;;. The number of rotatable bonds is 7. The Hall–Kier alpha value is -1.89. The van der Waals surface area contributed by atoms with Gasteiger partial charge in [0.15, 0.2) is 0 Å². The molecule has 0 radical (unpaired) electrons. The third-order valence-electron chi connectivity index (χ3n) is 4.79. The molecule has 1 fully saturated rings. The van der Waals surface area contributed by atoms with Crippen LogP contribution in [0, 0.1) is 11.3 Å². The molecule has 0 bridgehead atoms. The minimum atomic E-state index is -1.01. The van der Waals surface area contributed by atoms with E-state index >= 15 is 0 Å². The van der Waals surface area contributed by atoms with Gasteiger partial charge in [0.1, 0.15) is 6.04 Å². The minimum Gasteiger partial charge on any atom is -0.478 e. The van der Waals surface area contributed by atoms with E-state index in [4.69, 9.17) is 5.11 Å². The molecule has 7 nitrogen and oxygen atoms in total. The summed E-state index contributed by atoms with van der Waals surface area (Å²) < 4.78 is 0. The van der Waals surface area contributed by atoms with E-state index in [-0.39, 0.29) is 23.4 Å². The Morgan fingerprint density at radius 3 is 1.87 bits per heavy atom. The first kappa shape index (κ1) is 30.3. The smallest absolute Gasteiger partial charge is 0.331 e. The molecule has 2 atom stereocenters. The monoisotopic (exact) mass is 427 g/mol. The van der Waals surface area contributed by atoms with Gasteiger partial charge in [-0.25, -0.2) is 4.79 Å². The average molecular weight is 428 g/mol. The summed E-state index contributed by atoms with van der Waals surface area (Å²) in [5.41, 5.74) is -0.256. The summed E-state index contributed by atoms with van der Waals surface area (Å²) in [6.45, 7) is 17.4. The zero-order valence-corrected chi connectivity index (χ0v) is 20.5. The molecule has 0 saturated carbocycles. The van der Waals surface area contributed by atoms with Gasteiger partial charge in [-0.3, -0.25) is 9.59 Å². The van der Waals surface area contributed by atoms with Crippen molar-refractivity contribution in [2.45, 2.75) is 86.7 Å². The third-order valence-corrected chi connectivity index (χ3v) is 4.79. The molecule has 2 amide bonds. The fourth-order valence-corrected chi connectivity index (χ4v) is 2.99. The van der Waals surface area contributed by atoms with Gasteiger partial charge >= 0.3 is 5.97 Å². The van der Waals surface area contributed by atoms with Crippen molar-refractivity contribution in [1.29, 1.82) is 0 Å². The number of carbonyl (C=O) groups is 3. The van der Waals surface area contributed by atoms with E-state index in [9.17, 15) is 14.4 Å². The topological polar surface area (TPSA) is 98.7 Å². The number of hydrogen-bond donors (Lipinski definition) is 3. The van der Waals surface area contributed by atoms with Crippen molar-refractivity contribution in [1.82, 2.24) is 15.5 Å². The summed E-state index contributed by atoms with van der Waals surface area (Å²) >= 11 is 0. The number of piperidine rings is 1. The molecule has 1 heterocycles. The zero-order chi connectivity index (χ0) is 23.9. The van der Waals surface area contributed by atoms with Crippen LogP contribution in [-0.2, 0) is 14.4 Å². The summed E-state index contributed by atoms with van der Waals surface area (Å²) in [5.74, 6) is -1.21. The van der Waals surface area contributed by atoms with E-state index in [1.54, 1.807) is 13.1 Å². The molecule has 7 heteroatoms. The molecule has 2 unspecified atom stereocenters. The normalized spacial score (nSPS) is 16.1. The molecule has 0 aromatic rings. The van der Waals surface area contributed by atoms with Gasteiger partial charge in [-0.1, -0.05) is 61.0 Å².